The number of ether oxygens (including phenoxy) is 1. The Labute approximate surface area is 94.7 Å². The number of hydrogen-bond acceptors (Lipinski definition) is 5. The Bertz CT molecular complexity index is 373. The normalized spacial score (nSPS) is 16.0. The standard InChI is InChI=1S/C10H17N5O/c1-14(10-8-16-5-3-12-10)9-6-13-15(7-9)4-2-11/h6-7H,2-5,8,11H2,1H3. The summed E-state index contributed by atoms with van der Waals surface area (Å²) < 4.78 is 7.19. The molecule has 1 aromatic heterocycles. The molecule has 2 heterocycles. The zero-order chi connectivity index (χ0) is 11.4. The monoisotopic (exact) mass is 223 g/mol. The first kappa shape index (κ1) is 11.1. The Balaban J connectivity index is 2.07. The fraction of sp³-hybridized carbons (Fsp3) is 0.600. The van der Waals surface area contributed by atoms with Gasteiger partial charge in [-0.25, -0.2) is 0 Å². The van der Waals surface area contributed by atoms with Crippen LogP contribution < -0.4 is 10.6 Å². The minimum Gasteiger partial charge on any atom is -0.372 e. The van der Waals surface area contributed by atoms with E-state index in [4.69, 9.17) is 10.5 Å². The highest BCUT2D eigenvalue weighted by Gasteiger charge is 2.13. The second kappa shape index (κ2) is 5.09. The largest absolute Gasteiger partial charge is 0.372 e. The lowest BCUT2D eigenvalue weighted by Crippen LogP contribution is -2.33. The Morgan fingerprint density at radius 1 is 1.62 bits per heavy atom. The summed E-state index contributed by atoms with van der Waals surface area (Å²) >= 11 is 0. The summed E-state index contributed by atoms with van der Waals surface area (Å²) in [5.41, 5.74) is 6.48. The van der Waals surface area contributed by atoms with Crippen molar-refractivity contribution in [2.24, 2.45) is 10.7 Å². The number of nitrogens with zero attached hydrogens (tertiary/aromatic N) is 4. The molecule has 1 aliphatic rings. The van der Waals surface area contributed by atoms with Crippen molar-refractivity contribution in [1.29, 1.82) is 0 Å². The molecule has 88 valence electrons. The van der Waals surface area contributed by atoms with E-state index in [2.05, 4.69) is 10.1 Å². The van der Waals surface area contributed by atoms with E-state index in [0.29, 0.717) is 19.8 Å². The molecule has 2 N–H and O–H groups in total. The van der Waals surface area contributed by atoms with Crippen LogP contribution in [0.15, 0.2) is 17.4 Å². The van der Waals surface area contributed by atoms with Crippen molar-refractivity contribution in [3.8, 4) is 0 Å². The molecule has 0 saturated carbocycles. The van der Waals surface area contributed by atoms with Gasteiger partial charge >= 0.3 is 0 Å². The second-order valence-corrected chi connectivity index (χ2v) is 3.66. The molecule has 1 aliphatic heterocycles. The van der Waals surface area contributed by atoms with Crippen LogP contribution in [-0.4, -0.2) is 49.0 Å². The van der Waals surface area contributed by atoms with E-state index in [-0.39, 0.29) is 0 Å². The molecule has 1 aromatic rings. The predicted octanol–water partition coefficient (Wildman–Crippen LogP) is -0.293. The highest BCUT2D eigenvalue weighted by molar-refractivity contribution is 5.98. The van der Waals surface area contributed by atoms with Crippen molar-refractivity contribution in [3.63, 3.8) is 0 Å². The molecule has 6 nitrogen and oxygen atoms in total. The molecule has 16 heavy (non-hydrogen) atoms. The third-order valence-corrected chi connectivity index (χ3v) is 2.51. The molecule has 2 rings (SSSR count). The highest BCUT2D eigenvalue weighted by Crippen LogP contribution is 2.12. The summed E-state index contributed by atoms with van der Waals surface area (Å²) in [7, 11) is 1.97. The van der Waals surface area contributed by atoms with Gasteiger partial charge in [0.2, 0.25) is 0 Å². The zero-order valence-electron chi connectivity index (χ0n) is 9.46. The molecule has 0 unspecified atom stereocenters. The van der Waals surface area contributed by atoms with Gasteiger partial charge in [0.1, 0.15) is 12.4 Å². The molecule has 6 heteroatoms. The molecule has 0 aliphatic carbocycles. The lowest BCUT2D eigenvalue weighted by molar-refractivity contribution is 0.170. The first-order valence-electron chi connectivity index (χ1n) is 5.38. The van der Waals surface area contributed by atoms with Gasteiger partial charge in [0.05, 0.1) is 31.6 Å². The lowest BCUT2D eigenvalue weighted by Gasteiger charge is -2.22. The van der Waals surface area contributed by atoms with Crippen LogP contribution in [-0.2, 0) is 11.3 Å². The molecule has 0 amide bonds. The van der Waals surface area contributed by atoms with Gasteiger partial charge in [-0.15, -0.1) is 0 Å². The van der Waals surface area contributed by atoms with E-state index < -0.39 is 0 Å². The maximum atomic E-state index is 5.47. The minimum absolute atomic E-state index is 0.568. The molecule has 0 radical (unpaired) electrons. The number of rotatable bonds is 3. The molecule has 0 spiro atoms. The van der Waals surface area contributed by atoms with Crippen molar-refractivity contribution in [2.45, 2.75) is 6.54 Å². The Kier molecular flexibility index (Phi) is 3.53. The molecule has 0 bridgehead atoms. The topological polar surface area (TPSA) is 68.7 Å². The number of anilines is 1. The number of aromatic nitrogens is 2. The molecule has 0 aromatic carbocycles. The van der Waals surface area contributed by atoms with Gasteiger partial charge in [-0.2, -0.15) is 5.10 Å². The van der Waals surface area contributed by atoms with Gasteiger partial charge < -0.3 is 15.4 Å². The van der Waals surface area contributed by atoms with Crippen molar-refractivity contribution in [1.82, 2.24) is 9.78 Å². The van der Waals surface area contributed by atoms with Gasteiger partial charge in [0.15, 0.2) is 0 Å². The maximum Gasteiger partial charge on any atom is 0.130 e. The van der Waals surface area contributed by atoms with Crippen molar-refractivity contribution in [2.75, 3.05) is 38.3 Å². The van der Waals surface area contributed by atoms with Gasteiger partial charge in [-0.05, 0) is 0 Å². The Morgan fingerprint density at radius 3 is 3.19 bits per heavy atom. The van der Waals surface area contributed by atoms with Gasteiger partial charge in [-0.3, -0.25) is 9.67 Å². The number of aliphatic imine (C=N–C) groups is 1. The number of nitrogens with two attached hydrogens (primary N) is 1. The lowest BCUT2D eigenvalue weighted by atomic mass is 10.4. The van der Waals surface area contributed by atoms with Crippen molar-refractivity contribution in [3.05, 3.63) is 12.4 Å². The average molecular weight is 223 g/mol. The summed E-state index contributed by atoms with van der Waals surface area (Å²) in [4.78, 5) is 6.42. The number of hydrogen-bond donors (Lipinski definition) is 1. The number of amidine groups is 1. The predicted molar refractivity (Wildman–Crippen MR) is 62.8 cm³/mol. The fourth-order valence-corrected chi connectivity index (χ4v) is 1.58. The SMILES string of the molecule is CN(C1=NCCOC1)c1cnn(CCN)c1. The second-order valence-electron chi connectivity index (χ2n) is 3.66. The summed E-state index contributed by atoms with van der Waals surface area (Å²) in [5, 5.41) is 4.22. The molecule has 0 atom stereocenters. The Morgan fingerprint density at radius 2 is 2.50 bits per heavy atom. The first-order chi connectivity index (χ1) is 7.81. The summed E-state index contributed by atoms with van der Waals surface area (Å²) in [6, 6.07) is 0. The molecular weight excluding hydrogens is 206 g/mol. The van der Waals surface area contributed by atoms with Crippen LogP contribution in [0.5, 0.6) is 0 Å². The van der Waals surface area contributed by atoms with E-state index in [1.807, 2.05) is 29.0 Å². The summed E-state index contributed by atoms with van der Waals surface area (Å²) in [6.45, 7) is 3.34. The van der Waals surface area contributed by atoms with Crippen LogP contribution >= 0.6 is 0 Å². The van der Waals surface area contributed by atoms with E-state index in [1.165, 1.54) is 0 Å². The zero-order valence-corrected chi connectivity index (χ0v) is 9.46. The highest BCUT2D eigenvalue weighted by atomic mass is 16.5. The first-order valence-corrected chi connectivity index (χ1v) is 5.38. The summed E-state index contributed by atoms with van der Waals surface area (Å²) in [6.07, 6.45) is 3.77. The third kappa shape index (κ3) is 2.40. The fourth-order valence-electron chi connectivity index (χ4n) is 1.58. The van der Waals surface area contributed by atoms with Gasteiger partial charge in [-0.1, -0.05) is 0 Å². The van der Waals surface area contributed by atoms with E-state index in [9.17, 15) is 0 Å². The van der Waals surface area contributed by atoms with Crippen molar-refractivity contribution < 1.29 is 4.74 Å². The van der Waals surface area contributed by atoms with Crippen LogP contribution in [0.25, 0.3) is 0 Å². The van der Waals surface area contributed by atoms with Crippen molar-refractivity contribution >= 4 is 11.5 Å². The van der Waals surface area contributed by atoms with E-state index in [1.54, 1.807) is 0 Å². The van der Waals surface area contributed by atoms with E-state index in [0.717, 1.165) is 24.6 Å². The summed E-state index contributed by atoms with van der Waals surface area (Å²) in [5.74, 6) is 0.943. The molecule has 0 saturated heterocycles. The van der Waals surface area contributed by atoms with Crippen LogP contribution in [0.2, 0.25) is 0 Å². The maximum absolute atomic E-state index is 5.47. The smallest absolute Gasteiger partial charge is 0.130 e. The van der Waals surface area contributed by atoms with E-state index >= 15 is 0 Å². The average Bonchev–Trinajstić information content (AvgIpc) is 2.78. The molecular formula is C10H17N5O. The minimum atomic E-state index is 0.568. The van der Waals surface area contributed by atoms with Gasteiger partial charge in [0.25, 0.3) is 0 Å². The molecule has 0 fully saturated rings. The third-order valence-electron chi connectivity index (χ3n) is 2.51. The van der Waals surface area contributed by atoms with Crippen LogP contribution in [0.4, 0.5) is 5.69 Å². The Hall–Kier alpha value is -1.40. The van der Waals surface area contributed by atoms with Crippen LogP contribution in [0.1, 0.15) is 0 Å². The number of likely N-dealkylation sites (N-methyl/N-ethyl adjacent to an activating group) is 1. The van der Waals surface area contributed by atoms with Crippen LogP contribution in [0.3, 0.4) is 0 Å². The quantitative estimate of drug-likeness (QED) is 0.764. The van der Waals surface area contributed by atoms with Crippen LogP contribution in [0, 0.1) is 0 Å². The van der Waals surface area contributed by atoms with Gasteiger partial charge in [0, 0.05) is 19.8 Å².